The monoisotopic (exact) mass is 620 g/mol. The minimum Gasteiger partial charge on any atom is -0.619 e. The summed E-state index contributed by atoms with van der Waals surface area (Å²) in [5, 5.41) is 12.4. The van der Waals surface area contributed by atoms with Crippen LogP contribution < -0.4 is 14.2 Å². The van der Waals surface area contributed by atoms with E-state index in [1.165, 1.54) is 24.4 Å². The molecule has 0 saturated heterocycles. The van der Waals surface area contributed by atoms with Gasteiger partial charge in [-0.1, -0.05) is 47.5 Å². The number of nitrogens with one attached hydrogen (secondary N) is 1. The van der Waals surface area contributed by atoms with Gasteiger partial charge in [-0.15, -0.1) is 0 Å². The smallest absolute Gasteiger partial charge is 0.387 e. The molecule has 220 valence electrons. The second kappa shape index (κ2) is 12.8. The fourth-order valence-electron chi connectivity index (χ4n) is 4.30. The number of benzene rings is 2. The molecule has 0 radical (unpaired) electrons. The highest BCUT2D eigenvalue weighted by molar-refractivity contribution is 6.35. The van der Waals surface area contributed by atoms with Crippen molar-refractivity contribution in [1.29, 1.82) is 0 Å². The van der Waals surface area contributed by atoms with E-state index in [2.05, 4.69) is 9.72 Å². The van der Waals surface area contributed by atoms with E-state index in [1.54, 1.807) is 18.2 Å². The van der Waals surface area contributed by atoms with Crippen LogP contribution >= 0.6 is 23.2 Å². The van der Waals surface area contributed by atoms with E-state index in [0.717, 1.165) is 30.8 Å². The van der Waals surface area contributed by atoms with Crippen molar-refractivity contribution in [3.63, 3.8) is 0 Å². The Morgan fingerprint density at radius 2 is 1.81 bits per heavy atom. The third-order valence-electron chi connectivity index (χ3n) is 6.58. The average Bonchev–Trinajstić information content (AvgIpc) is 3.68. The average molecular weight is 621 g/mol. The number of ether oxygens (including phenoxy) is 4. The van der Waals surface area contributed by atoms with Gasteiger partial charge < -0.3 is 29.1 Å². The van der Waals surface area contributed by atoms with Crippen molar-refractivity contribution in [2.75, 3.05) is 13.2 Å². The summed E-state index contributed by atoms with van der Waals surface area (Å²) >= 11 is 12.5. The summed E-state index contributed by atoms with van der Waals surface area (Å²) in [6, 6.07) is 11.2. The first-order valence-electron chi connectivity index (χ1n) is 12.9. The number of halogens is 4. The molecule has 2 aromatic heterocycles. The number of carbonyl (C=O) groups is 2. The highest BCUT2D eigenvalue weighted by atomic mass is 35.5. The van der Waals surface area contributed by atoms with Crippen LogP contribution in [0.5, 0.6) is 11.5 Å². The zero-order valence-electron chi connectivity index (χ0n) is 21.9. The molecule has 0 bridgehead atoms. The number of para-hydroxylation sites is 1. The molecule has 2 heterocycles. The van der Waals surface area contributed by atoms with Gasteiger partial charge in [0.2, 0.25) is 0 Å². The van der Waals surface area contributed by atoms with E-state index in [0.29, 0.717) is 33.8 Å². The van der Waals surface area contributed by atoms with Gasteiger partial charge >= 0.3 is 18.6 Å². The zero-order chi connectivity index (χ0) is 29.8. The molecule has 1 atom stereocenters. The van der Waals surface area contributed by atoms with Gasteiger partial charge in [-0.2, -0.15) is 13.5 Å². The Morgan fingerprint density at radius 3 is 2.52 bits per heavy atom. The summed E-state index contributed by atoms with van der Waals surface area (Å²) in [4.78, 5) is 28.6. The molecule has 0 aliphatic heterocycles. The van der Waals surface area contributed by atoms with Crippen LogP contribution in [0.2, 0.25) is 10.0 Å². The first kappa shape index (κ1) is 29.4. The van der Waals surface area contributed by atoms with Crippen molar-refractivity contribution < 1.29 is 42.0 Å². The number of H-pyrrole nitrogens is 1. The number of fused-ring (bicyclic) bond motifs is 1. The van der Waals surface area contributed by atoms with Crippen LogP contribution in [-0.4, -0.2) is 36.7 Å². The number of carbonyl (C=O) groups excluding carboxylic acids is 2. The summed E-state index contributed by atoms with van der Waals surface area (Å²) in [5.74, 6) is -1.47. The minimum absolute atomic E-state index is 0.0205. The number of esters is 2. The molecule has 1 aliphatic carbocycles. The Morgan fingerprint density at radius 1 is 1.07 bits per heavy atom. The highest BCUT2D eigenvalue weighted by Crippen LogP contribution is 2.37. The molecule has 13 heteroatoms. The number of nitrogens with zero attached hydrogens (tertiary/aromatic N) is 1. The lowest BCUT2D eigenvalue weighted by Gasteiger charge is -2.21. The SMILES string of the molecule is O=C(COC(=O)c1c[nH]c2ccccc12)OC(Cc1c(Cl)c[n+]([O-])cc1Cl)c1ccc(OC(F)F)c(OCC2CC2)c1. The first-order valence-corrected chi connectivity index (χ1v) is 13.6. The van der Waals surface area contributed by atoms with Crippen LogP contribution in [-0.2, 0) is 20.7 Å². The van der Waals surface area contributed by atoms with E-state index in [9.17, 15) is 23.6 Å². The van der Waals surface area contributed by atoms with E-state index < -0.39 is 31.3 Å². The molecule has 9 nitrogen and oxygen atoms in total. The lowest BCUT2D eigenvalue weighted by atomic mass is 10.0. The maximum absolute atomic E-state index is 13.0. The summed E-state index contributed by atoms with van der Waals surface area (Å²) < 4.78 is 47.8. The number of aromatic amines is 1. The maximum atomic E-state index is 13.0. The number of hydrogen-bond acceptors (Lipinski definition) is 7. The topological polar surface area (TPSA) is 114 Å². The lowest BCUT2D eigenvalue weighted by Crippen LogP contribution is -2.26. The van der Waals surface area contributed by atoms with Crippen LogP contribution in [0.4, 0.5) is 8.78 Å². The first-order chi connectivity index (χ1) is 20.2. The van der Waals surface area contributed by atoms with Crippen molar-refractivity contribution in [3.8, 4) is 11.5 Å². The van der Waals surface area contributed by atoms with Crippen molar-refractivity contribution in [3.05, 3.63) is 93.0 Å². The molecular weight excluding hydrogens is 597 g/mol. The van der Waals surface area contributed by atoms with Gasteiger partial charge in [0.15, 0.2) is 30.5 Å². The van der Waals surface area contributed by atoms with Crippen molar-refractivity contribution in [2.24, 2.45) is 5.92 Å². The van der Waals surface area contributed by atoms with Crippen LogP contribution in [0.1, 0.15) is 40.4 Å². The van der Waals surface area contributed by atoms with Gasteiger partial charge in [0.25, 0.3) is 0 Å². The third-order valence-corrected chi connectivity index (χ3v) is 7.23. The van der Waals surface area contributed by atoms with Gasteiger partial charge in [0, 0.05) is 29.1 Å². The summed E-state index contributed by atoms with van der Waals surface area (Å²) in [6.45, 7) is -3.50. The second-order valence-electron chi connectivity index (χ2n) is 9.64. The Balaban J connectivity index is 1.37. The van der Waals surface area contributed by atoms with E-state index in [4.69, 9.17) is 37.4 Å². The van der Waals surface area contributed by atoms with E-state index in [-0.39, 0.29) is 33.5 Å². The number of rotatable bonds is 12. The largest absolute Gasteiger partial charge is 0.619 e. The molecule has 0 spiro atoms. The van der Waals surface area contributed by atoms with Gasteiger partial charge in [-0.25, -0.2) is 9.59 Å². The Bertz CT molecular complexity index is 1590. The van der Waals surface area contributed by atoms with E-state index in [1.807, 2.05) is 6.07 Å². The molecule has 1 N–H and O–H groups in total. The molecular formula is C29H24Cl2F2N2O7. The molecule has 42 heavy (non-hydrogen) atoms. The lowest BCUT2D eigenvalue weighted by molar-refractivity contribution is -0.605. The second-order valence-corrected chi connectivity index (χ2v) is 10.5. The predicted octanol–water partition coefficient (Wildman–Crippen LogP) is 6.18. The summed E-state index contributed by atoms with van der Waals surface area (Å²) in [6.07, 6.45) is 4.40. The molecule has 1 unspecified atom stereocenters. The number of aromatic nitrogens is 2. The standard InChI is InChI=1S/C29H24Cl2F2N2O7/c30-21-12-35(38)13-22(31)19(21)10-25(17-7-8-24(42-29(32)33)26(9-17)39-14-16-5-6-16)41-27(36)15-40-28(37)20-11-34-23-4-2-1-3-18(20)23/h1-4,7-9,11-13,16,25,29,34H,5-6,10,14-15H2. The van der Waals surface area contributed by atoms with Crippen LogP contribution in [0.15, 0.2) is 61.1 Å². The fourth-order valence-corrected chi connectivity index (χ4v) is 4.90. The van der Waals surface area contributed by atoms with Gasteiger partial charge in [0.1, 0.15) is 16.1 Å². The van der Waals surface area contributed by atoms with Gasteiger partial charge in [-0.3, -0.25) is 0 Å². The predicted molar refractivity (Wildman–Crippen MR) is 148 cm³/mol. The normalized spacial score (nSPS) is 13.6. The molecule has 1 fully saturated rings. The van der Waals surface area contributed by atoms with Crippen molar-refractivity contribution >= 4 is 46.0 Å². The van der Waals surface area contributed by atoms with Crippen LogP contribution in [0, 0.1) is 11.1 Å². The zero-order valence-corrected chi connectivity index (χ0v) is 23.4. The minimum atomic E-state index is -3.08. The van der Waals surface area contributed by atoms with Crippen molar-refractivity contribution in [2.45, 2.75) is 32.0 Å². The van der Waals surface area contributed by atoms with Crippen LogP contribution in [0.3, 0.4) is 0 Å². The molecule has 4 aromatic rings. The molecule has 2 aromatic carbocycles. The third kappa shape index (κ3) is 7.21. The molecule has 1 saturated carbocycles. The highest BCUT2D eigenvalue weighted by Gasteiger charge is 2.27. The van der Waals surface area contributed by atoms with E-state index >= 15 is 0 Å². The molecule has 0 amide bonds. The van der Waals surface area contributed by atoms with Gasteiger partial charge in [-0.05, 0) is 42.5 Å². The number of hydrogen-bond donors (Lipinski definition) is 1. The maximum Gasteiger partial charge on any atom is 0.387 e. The summed E-state index contributed by atoms with van der Waals surface area (Å²) in [7, 11) is 0. The summed E-state index contributed by atoms with van der Waals surface area (Å²) in [5.41, 5.74) is 1.61. The Hall–Kier alpha value is -4.09. The van der Waals surface area contributed by atoms with Crippen LogP contribution in [0.25, 0.3) is 10.9 Å². The number of pyridine rings is 1. The molecule has 1 aliphatic rings. The van der Waals surface area contributed by atoms with Crippen molar-refractivity contribution in [1.82, 2.24) is 4.98 Å². The van der Waals surface area contributed by atoms with Gasteiger partial charge in [0.05, 0.1) is 12.2 Å². The molecule has 5 rings (SSSR count). The number of alkyl halides is 2. The fraction of sp³-hybridized carbons (Fsp3) is 0.276. The quantitative estimate of drug-likeness (QED) is 0.114. The Kier molecular flexibility index (Phi) is 8.98. The Labute approximate surface area is 248 Å².